The number of nitrogens with one attached hydrogen (secondary N) is 1. The first-order valence-electron chi connectivity index (χ1n) is 6.34. The van der Waals surface area contributed by atoms with Crippen molar-refractivity contribution in [3.05, 3.63) is 17.5 Å². The number of amides is 1. The van der Waals surface area contributed by atoms with E-state index in [1.807, 2.05) is 6.92 Å². The van der Waals surface area contributed by atoms with Crippen LogP contribution in [0.3, 0.4) is 0 Å². The van der Waals surface area contributed by atoms with Crippen LogP contribution in [-0.2, 0) is 27.6 Å². The van der Waals surface area contributed by atoms with Gasteiger partial charge in [0.2, 0.25) is 5.91 Å². The molecule has 6 nitrogen and oxygen atoms in total. The van der Waals surface area contributed by atoms with Crippen LogP contribution < -0.4 is 5.32 Å². The summed E-state index contributed by atoms with van der Waals surface area (Å²) in [4.78, 5) is 11.7. The quantitative estimate of drug-likeness (QED) is 0.810. The number of carbonyl (C=O) groups excluding carboxylic acids is 1. The van der Waals surface area contributed by atoms with E-state index in [1.54, 1.807) is 6.07 Å². The van der Waals surface area contributed by atoms with Gasteiger partial charge in [-0.1, -0.05) is 25.4 Å². The summed E-state index contributed by atoms with van der Waals surface area (Å²) in [6.45, 7) is 5.09. The molecule has 7 heteroatoms. The number of hydrogen-bond donors (Lipinski definition) is 1. The van der Waals surface area contributed by atoms with Gasteiger partial charge in [-0.25, -0.2) is 8.42 Å². The zero-order valence-corrected chi connectivity index (χ0v) is 12.3. The largest absolute Gasteiger partial charge is 0.359 e. The summed E-state index contributed by atoms with van der Waals surface area (Å²) < 4.78 is 28.1. The van der Waals surface area contributed by atoms with Crippen LogP contribution in [0.5, 0.6) is 0 Å². The Bertz CT molecular complexity index is 522. The Hall–Kier alpha value is -1.37. The van der Waals surface area contributed by atoms with Crippen LogP contribution in [0.1, 0.15) is 38.6 Å². The highest BCUT2D eigenvalue weighted by Gasteiger charge is 2.26. The molecule has 1 rings (SSSR count). The standard InChI is InChI=1S/C12H20N2O4S/c1-4-6-10-7-11(18-14-10)8-13-12(15)9(3)19(16,17)5-2/h7,9H,4-6,8H2,1-3H3,(H,13,15)/t9-/m1/s1. The molecule has 1 N–H and O–H groups in total. The molecule has 0 saturated carbocycles. The van der Waals surface area contributed by atoms with Crippen molar-refractivity contribution in [2.45, 2.75) is 45.4 Å². The van der Waals surface area contributed by atoms with Crippen LogP contribution >= 0.6 is 0 Å². The van der Waals surface area contributed by atoms with Crippen LogP contribution in [0.15, 0.2) is 10.6 Å². The molecule has 1 aromatic rings. The van der Waals surface area contributed by atoms with E-state index >= 15 is 0 Å². The van der Waals surface area contributed by atoms with E-state index in [0.717, 1.165) is 18.5 Å². The predicted octanol–water partition coefficient (Wildman–Crippen LogP) is 1.07. The van der Waals surface area contributed by atoms with Crippen LogP contribution in [0.2, 0.25) is 0 Å². The Morgan fingerprint density at radius 3 is 2.74 bits per heavy atom. The Morgan fingerprint density at radius 2 is 2.16 bits per heavy atom. The van der Waals surface area contributed by atoms with E-state index in [9.17, 15) is 13.2 Å². The lowest BCUT2D eigenvalue weighted by Crippen LogP contribution is -2.38. The van der Waals surface area contributed by atoms with Crippen molar-refractivity contribution in [2.24, 2.45) is 0 Å². The van der Waals surface area contributed by atoms with E-state index in [2.05, 4.69) is 10.5 Å². The number of sulfone groups is 1. The van der Waals surface area contributed by atoms with Crippen molar-refractivity contribution < 1.29 is 17.7 Å². The minimum absolute atomic E-state index is 0.0510. The van der Waals surface area contributed by atoms with Crippen molar-refractivity contribution in [1.82, 2.24) is 10.5 Å². The average molecular weight is 288 g/mol. The van der Waals surface area contributed by atoms with Gasteiger partial charge in [-0.05, 0) is 13.3 Å². The van der Waals surface area contributed by atoms with Gasteiger partial charge in [0.05, 0.1) is 12.2 Å². The fraction of sp³-hybridized carbons (Fsp3) is 0.667. The van der Waals surface area contributed by atoms with Crippen LogP contribution in [0, 0.1) is 0 Å². The third kappa shape index (κ3) is 4.34. The first-order valence-corrected chi connectivity index (χ1v) is 8.06. The highest BCUT2D eigenvalue weighted by Crippen LogP contribution is 2.07. The molecule has 0 radical (unpaired) electrons. The highest BCUT2D eigenvalue weighted by atomic mass is 32.2. The van der Waals surface area contributed by atoms with Crippen molar-refractivity contribution in [2.75, 3.05) is 5.75 Å². The number of nitrogens with zero attached hydrogens (tertiary/aromatic N) is 1. The average Bonchev–Trinajstić information content (AvgIpc) is 2.83. The summed E-state index contributed by atoms with van der Waals surface area (Å²) in [5.41, 5.74) is 0.834. The monoisotopic (exact) mass is 288 g/mol. The van der Waals surface area contributed by atoms with Gasteiger partial charge >= 0.3 is 0 Å². The first kappa shape index (κ1) is 15.7. The molecule has 0 aromatic carbocycles. The Labute approximate surface area is 113 Å². The van der Waals surface area contributed by atoms with Gasteiger partial charge in [0, 0.05) is 11.8 Å². The lowest BCUT2D eigenvalue weighted by atomic mass is 10.2. The van der Waals surface area contributed by atoms with E-state index in [1.165, 1.54) is 13.8 Å². The minimum atomic E-state index is -3.36. The van der Waals surface area contributed by atoms with Gasteiger partial charge < -0.3 is 9.84 Å². The maximum atomic E-state index is 11.7. The molecule has 1 amide bonds. The Morgan fingerprint density at radius 1 is 1.47 bits per heavy atom. The molecule has 0 aliphatic carbocycles. The van der Waals surface area contributed by atoms with E-state index in [4.69, 9.17) is 4.52 Å². The van der Waals surface area contributed by atoms with Crippen molar-refractivity contribution >= 4 is 15.7 Å². The Kier molecular flexibility index (Phi) is 5.53. The maximum absolute atomic E-state index is 11.7. The lowest BCUT2D eigenvalue weighted by molar-refractivity contribution is -0.120. The first-order chi connectivity index (χ1) is 8.90. The topological polar surface area (TPSA) is 89.3 Å². The summed E-state index contributed by atoms with van der Waals surface area (Å²) in [6.07, 6.45) is 1.78. The molecule has 0 aliphatic heterocycles. The van der Waals surface area contributed by atoms with Crippen LogP contribution in [-0.4, -0.2) is 30.5 Å². The minimum Gasteiger partial charge on any atom is -0.359 e. The van der Waals surface area contributed by atoms with Crippen LogP contribution in [0.4, 0.5) is 0 Å². The van der Waals surface area contributed by atoms with Gasteiger partial charge in [-0.2, -0.15) is 0 Å². The molecule has 0 saturated heterocycles. The smallest absolute Gasteiger partial charge is 0.238 e. The molecule has 19 heavy (non-hydrogen) atoms. The number of aryl methyl sites for hydroxylation is 1. The molecule has 0 spiro atoms. The molecule has 1 aromatic heterocycles. The number of hydrogen-bond acceptors (Lipinski definition) is 5. The van der Waals surface area contributed by atoms with Gasteiger partial charge in [0.15, 0.2) is 15.6 Å². The normalized spacial score (nSPS) is 13.2. The fourth-order valence-corrected chi connectivity index (χ4v) is 2.45. The summed E-state index contributed by atoms with van der Waals surface area (Å²) in [7, 11) is -3.36. The molecule has 108 valence electrons. The van der Waals surface area contributed by atoms with Gasteiger partial charge in [-0.15, -0.1) is 0 Å². The number of aromatic nitrogens is 1. The molecule has 0 unspecified atom stereocenters. The highest BCUT2D eigenvalue weighted by molar-refractivity contribution is 7.92. The van der Waals surface area contributed by atoms with E-state index in [0.29, 0.717) is 5.76 Å². The summed E-state index contributed by atoms with van der Waals surface area (Å²) in [5, 5.41) is 5.35. The van der Waals surface area contributed by atoms with Gasteiger partial charge in [0.1, 0.15) is 5.25 Å². The molecule has 1 atom stereocenters. The summed E-state index contributed by atoms with van der Waals surface area (Å²) in [5.74, 6) is -0.0435. The number of rotatable bonds is 7. The third-order valence-electron chi connectivity index (χ3n) is 2.86. The van der Waals surface area contributed by atoms with Gasteiger partial charge in [-0.3, -0.25) is 4.79 Å². The molecular weight excluding hydrogens is 268 g/mol. The summed E-state index contributed by atoms with van der Waals surface area (Å²) >= 11 is 0. The lowest BCUT2D eigenvalue weighted by Gasteiger charge is -2.10. The molecule has 0 bridgehead atoms. The van der Waals surface area contributed by atoms with E-state index in [-0.39, 0.29) is 12.3 Å². The number of carbonyl (C=O) groups is 1. The molecule has 0 fully saturated rings. The second-order valence-corrected chi connectivity index (χ2v) is 6.96. The molecule has 0 aliphatic rings. The zero-order chi connectivity index (χ0) is 14.5. The zero-order valence-electron chi connectivity index (χ0n) is 11.5. The maximum Gasteiger partial charge on any atom is 0.238 e. The van der Waals surface area contributed by atoms with Crippen molar-refractivity contribution in [3.8, 4) is 0 Å². The second kappa shape index (κ2) is 6.70. The van der Waals surface area contributed by atoms with Crippen molar-refractivity contribution in [1.29, 1.82) is 0 Å². The SMILES string of the molecule is CCCc1cc(CNC(=O)[C@@H](C)S(=O)(=O)CC)on1. The third-order valence-corrected chi connectivity index (χ3v) is 4.96. The van der Waals surface area contributed by atoms with Crippen LogP contribution in [0.25, 0.3) is 0 Å². The molecule has 1 heterocycles. The van der Waals surface area contributed by atoms with Crippen molar-refractivity contribution in [3.63, 3.8) is 0 Å². The van der Waals surface area contributed by atoms with E-state index < -0.39 is 21.0 Å². The second-order valence-electron chi connectivity index (χ2n) is 4.35. The van der Waals surface area contributed by atoms with Gasteiger partial charge in [0.25, 0.3) is 0 Å². The predicted molar refractivity (Wildman–Crippen MR) is 71.3 cm³/mol. The molecular formula is C12H20N2O4S. The Balaban J connectivity index is 2.54. The summed E-state index contributed by atoms with van der Waals surface area (Å²) in [6, 6.07) is 1.77. The fourth-order valence-electron chi connectivity index (χ4n) is 1.54.